The molecule has 7 nitrogen and oxygen atoms in total. The van der Waals surface area contributed by atoms with E-state index in [1.54, 1.807) is 43.3 Å². The van der Waals surface area contributed by atoms with Crippen molar-refractivity contribution in [3.63, 3.8) is 0 Å². The third-order valence-corrected chi connectivity index (χ3v) is 5.98. The lowest BCUT2D eigenvalue weighted by Crippen LogP contribution is -2.11. The molecule has 2 heterocycles. The van der Waals surface area contributed by atoms with E-state index in [-0.39, 0.29) is 12.4 Å². The summed E-state index contributed by atoms with van der Waals surface area (Å²) in [5.41, 5.74) is 2.21. The van der Waals surface area contributed by atoms with Crippen molar-refractivity contribution >= 4 is 28.6 Å². The van der Waals surface area contributed by atoms with Crippen molar-refractivity contribution in [2.24, 2.45) is 0 Å². The molecule has 0 atom stereocenters. The second kappa shape index (κ2) is 9.74. The van der Waals surface area contributed by atoms with Gasteiger partial charge in [0.1, 0.15) is 0 Å². The molecule has 0 unspecified atom stereocenters. The Morgan fingerprint density at radius 3 is 2.72 bits per heavy atom. The van der Waals surface area contributed by atoms with Crippen molar-refractivity contribution in [1.29, 1.82) is 0 Å². The van der Waals surface area contributed by atoms with Gasteiger partial charge in [0, 0.05) is 34.0 Å². The number of esters is 1. The van der Waals surface area contributed by atoms with Gasteiger partial charge in [-0.1, -0.05) is 18.2 Å². The SMILES string of the molecule is CCOC(=O)c1cc2cc(OC)c(O)c(Cn3ccnc3)c2nc1CSc1ccccc1. The first-order valence-electron chi connectivity index (χ1n) is 10.1. The van der Waals surface area contributed by atoms with Gasteiger partial charge in [0.15, 0.2) is 11.5 Å². The highest BCUT2D eigenvalue weighted by molar-refractivity contribution is 7.98. The predicted molar refractivity (Wildman–Crippen MR) is 123 cm³/mol. The first-order chi connectivity index (χ1) is 15.6. The molecule has 0 aliphatic heterocycles. The zero-order chi connectivity index (χ0) is 22.5. The zero-order valence-electron chi connectivity index (χ0n) is 17.8. The molecule has 0 aliphatic rings. The van der Waals surface area contributed by atoms with Crippen LogP contribution in [-0.4, -0.2) is 39.3 Å². The number of pyridine rings is 1. The summed E-state index contributed by atoms with van der Waals surface area (Å²) in [6.07, 6.45) is 5.15. The van der Waals surface area contributed by atoms with Crippen LogP contribution in [0.15, 0.2) is 66.1 Å². The number of thioether (sulfide) groups is 1. The molecule has 164 valence electrons. The van der Waals surface area contributed by atoms with Gasteiger partial charge in [-0.15, -0.1) is 11.8 Å². The fraction of sp³-hybridized carbons (Fsp3) is 0.208. The zero-order valence-corrected chi connectivity index (χ0v) is 18.6. The number of aromatic hydroxyl groups is 1. The van der Waals surface area contributed by atoms with E-state index in [0.717, 1.165) is 4.90 Å². The molecule has 4 rings (SSSR count). The number of fused-ring (bicyclic) bond motifs is 1. The minimum absolute atomic E-state index is 0.0201. The van der Waals surface area contributed by atoms with Crippen LogP contribution in [0.25, 0.3) is 10.9 Å². The summed E-state index contributed by atoms with van der Waals surface area (Å²) >= 11 is 1.58. The Kier molecular flexibility index (Phi) is 6.61. The third kappa shape index (κ3) is 4.55. The summed E-state index contributed by atoms with van der Waals surface area (Å²) in [6.45, 7) is 2.40. The van der Waals surface area contributed by atoms with Crippen molar-refractivity contribution in [2.45, 2.75) is 24.1 Å². The smallest absolute Gasteiger partial charge is 0.340 e. The number of ether oxygens (including phenoxy) is 2. The highest BCUT2D eigenvalue weighted by Gasteiger charge is 2.21. The number of hydrogen-bond donors (Lipinski definition) is 1. The molecule has 0 amide bonds. The van der Waals surface area contributed by atoms with Gasteiger partial charge < -0.3 is 19.1 Å². The van der Waals surface area contributed by atoms with Crippen molar-refractivity contribution in [2.75, 3.05) is 13.7 Å². The monoisotopic (exact) mass is 449 g/mol. The lowest BCUT2D eigenvalue weighted by Gasteiger charge is -2.16. The molecule has 32 heavy (non-hydrogen) atoms. The number of aromatic nitrogens is 3. The standard InChI is InChI=1S/C24H23N3O4S/c1-3-31-24(29)18-11-16-12-21(30-2)23(28)19(13-27-10-9-25-15-27)22(16)26-20(18)14-32-17-7-5-4-6-8-17/h4-12,15,28H,3,13-14H2,1-2H3. The molecule has 8 heteroatoms. The van der Waals surface area contributed by atoms with E-state index in [9.17, 15) is 9.90 Å². The Morgan fingerprint density at radius 2 is 2.03 bits per heavy atom. The van der Waals surface area contributed by atoms with E-state index in [1.165, 1.54) is 7.11 Å². The Labute approximate surface area is 190 Å². The second-order valence-electron chi connectivity index (χ2n) is 7.02. The average molecular weight is 450 g/mol. The molecule has 0 spiro atoms. The van der Waals surface area contributed by atoms with Crippen LogP contribution in [0.1, 0.15) is 28.5 Å². The number of rotatable bonds is 8. The molecular weight excluding hydrogens is 426 g/mol. The van der Waals surface area contributed by atoms with E-state index in [0.29, 0.717) is 45.8 Å². The van der Waals surface area contributed by atoms with E-state index in [1.807, 2.05) is 41.1 Å². The number of imidazole rings is 1. The van der Waals surface area contributed by atoms with E-state index < -0.39 is 5.97 Å². The predicted octanol–water partition coefficient (Wildman–Crippen LogP) is 4.66. The minimum atomic E-state index is -0.422. The van der Waals surface area contributed by atoms with Crippen molar-refractivity contribution in [3.8, 4) is 11.5 Å². The maximum atomic E-state index is 12.7. The lowest BCUT2D eigenvalue weighted by molar-refractivity contribution is 0.0525. The molecule has 0 saturated heterocycles. The van der Waals surface area contributed by atoms with Gasteiger partial charge in [-0.25, -0.2) is 9.78 Å². The van der Waals surface area contributed by atoms with Crippen molar-refractivity contribution in [1.82, 2.24) is 14.5 Å². The van der Waals surface area contributed by atoms with E-state index in [4.69, 9.17) is 14.5 Å². The fourth-order valence-corrected chi connectivity index (χ4v) is 4.29. The van der Waals surface area contributed by atoms with Gasteiger partial charge in [0.25, 0.3) is 0 Å². The maximum absolute atomic E-state index is 12.7. The van der Waals surface area contributed by atoms with Crippen molar-refractivity contribution < 1.29 is 19.4 Å². The molecule has 2 aromatic carbocycles. The van der Waals surface area contributed by atoms with Crippen LogP contribution in [0.3, 0.4) is 0 Å². The molecule has 0 bridgehead atoms. The summed E-state index contributed by atoms with van der Waals surface area (Å²) in [5, 5.41) is 11.5. The molecule has 0 fully saturated rings. The minimum Gasteiger partial charge on any atom is -0.504 e. The highest BCUT2D eigenvalue weighted by Crippen LogP contribution is 2.38. The summed E-state index contributed by atoms with van der Waals surface area (Å²) in [7, 11) is 1.49. The topological polar surface area (TPSA) is 86.5 Å². The van der Waals surface area contributed by atoms with Crippen LogP contribution in [-0.2, 0) is 17.0 Å². The Bertz CT molecular complexity index is 1230. The Hall–Kier alpha value is -3.52. The number of benzene rings is 2. The Morgan fingerprint density at radius 1 is 1.22 bits per heavy atom. The van der Waals surface area contributed by atoms with E-state index >= 15 is 0 Å². The maximum Gasteiger partial charge on any atom is 0.340 e. The quantitative estimate of drug-likeness (QED) is 0.309. The van der Waals surface area contributed by atoms with E-state index in [2.05, 4.69) is 4.98 Å². The number of nitrogens with zero attached hydrogens (tertiary/aromatic N) is 3. The first kappa shape index (κ1) is 21.7. The van der Waals surface area contributed by atoms with Gasteiger partial charge in [0.2, 0.25) is 0 Å². The number of phenols is 1. The number of carbonyl (C=O) groups excluding carboxylic acids is 1. The van der Waals surface area contributed by atoms with Crippen LogP contribution in [0.2, 0.25) is 0 Å². The second-order valence-corrected chi connectivity index (χ2v) is 8.07. The molecule has 1 N–H and O–H groups in total. The van der Waals surface area contributed by atoms with Crippen LogP contribution in [0.4, 0.5) is 0 Å². The summed E-state index contributed by atoms with van der Waals surface area (Å²) in [5.74, 6) is 0.391. The number of hydrogen-bond acceptors (Lipinski definition) is 7. The average Bonchev–Trinajstić information content (AvgIpc) is 3.33. The van der Waals surface area contributed by atoms with Gasteiger partial charge in [-0.3, -0.25) is 4.98 Å². The van der Waals surface area contributed by atoms with Crippen molar-refractivity contribution in [3.05, 3.63) is 78.0 Å². The molecule has 4 aromatic rings. The highest BCUT2D eigenvalue weighted by atomic mass is 32.2. The summed E-state index contributed by atoms with van der Waals surface area (Å²) in [6, 6.07) is 13.4. The van der Waals surface area contributed by atoms with Crippen LogP contribution in [0, 0.1) is 0 Å². The number of carbonyl (C=O) groups is 1. The van der Waals surface area contributed by atoms with Gasteiger partial charge in [-0.05, 0) is 31.2 Å². The summed E-state index contributed by atoms with van der Waals surface area (Å²) in [4.78, 5) is 22.7. The molecule has 0 radical (unpaired) electrons. The lowest BCUT2D eigenvalue weighted by atomic mass is 10.0. The van der Waals surface area contributed by atoms with Crippen LogP contribution < -0.4 is 4.74 Å². The molecular formula is C24H23N3O4S. The summed E-state index contributed by atoms with van der Waals surface area (Å²) < 4.78 is 12.5. The Balaban J connectivity index is 1.85. The van der Waals surface area contributed by atoms with Crippen LogP contribution >= 0.6 is 11.8 Å². The van der Waals surface area contributed by atoms with Crippen LogP contribution in [0.5, 0.6) is 11.5 Å². The largest absolute Gasteiger partial charge is 0.504 e. The van der Waals surface area contributed by atoms with Gasteiger partial charge >= 0.3 is 5.97 Å². The normalized spacial score (nSPS) is 10.9. The number of methoxy groups -OCH3 is 1. The molecule has 0 aliphatic carbocycles. The fourth-order valence-electron chi connectivity index (χ4n) is 3.42. The van der Waals surface area contributed by atoms with Gasteiger partial charge in [-0.2, -0.15) is 0 Å². The molecule has 0 saturated carbocycles. The first-order valence-corrected chi connectivity index (χ1v) is 11.1. The third-order valence-electron chi connectivity index (χ3n) is 4.96. The molecule has 2 aromatic heterocycles. The number of phenolic OH excluding ortho intramolecular Hbond substituents is 1. The van der Waals surface area contributed by atoms with Gasteiger partial charge in [0.05, 0.1) is 43.4 Å².